The van der Waals surface area contributed by atoms with Gasteiger partial charge < -0.3 is 18.7 Å². The van der Waals surface area contributed by atoms with E-state index in [-0.39, 0.29) is 6.61 Å². The van der Waals surface area contributed by atoms with Crippen molar-refractivity contribution < 1.29 is 18.7 Å². The molecule has 0 N–H and O–H groups in total. The number of hydrogen-bond donors (Lipinski definition) is 0. The summed E-state index contributed by atoms with van der Waals surface area (Å²) in [6, 6.07) is 9.18. The van der Waals surface area contributed by atoms with E-state index in [1.165, 1.54) is 0 Å². The molecule has 0 unspecified atom stereocenters. The molecule has 7 heteroatoms. The minimum atomic E-state index is 0.175. The summed E-state index contributed by atoms with van der Waals surface area (Å²) in [6.45, 7) is 0.175. The van der Waals surface area contributed by atoms with Crippen LogP contribution in [0.15, 0.2) is 40.2 Å². The molecule has 0 spiro atoms. The molecule has 3 aromatic rings. The Balaban J connectivity index is 1.70. The predicted molar refractivity (Wildman–Crippen MR) is 81.5 cm³/mol. The average Bonchev–Trinajstić information content (AvgIpc) is 3.23. The predicted octanol–water partition coefficient (Wildman–Crippen LogP) is 3.39. The van der Waals surface area contributed by atoms with Crippen molar-refractivity contribution in [1.82, 2.24) is 10.1 Å². The van der Waals surface area contributed by atoms with E-state index in [0.717, 1.165) is 4.88 Å². The number of thiophene rings is 1. The lowest BCUT2D eigenvalue weighted by Crippen LogP contribution is -1.97. The topological polar surface area (TPSA) is 66.6 Å². The first-order valence-corrected chi connectivity index (χ1v) is 7.39. The number of nitrogens with zero attached hydrogens (tertiary/aromatic N) is 2. The Bertz CT molecular complexity index is 718. The van der Waals surface area contributed by atoms with E-state index in [1.54, 1.807) is 43.8 Å². The molecule has 0 fully saturated rings. The average molecular weight is 318 g/mol. The van der Waals surface area contributed by atoms with Gasteiger partial charge >= 0.3 is 0 Å². The molecule has 0 atom stereocenters. The molecule has 0 aliphatic carbocycles. The fraction of sp³-hybridized carbons (Fsp3) is 0.200. The maximum absolute atomic E-state index is 5.65. The molecular formula is C15H14N2O4S. The molecule has 0 saturated heterocycles. The Kier molecular flexibility index (Phi) is 4.24. The van der Waals surface area contributed by atoms with Crippen LogP contribution in [0, 0.1) is 0 Å². The van der Waals surface area contributed by atoms with E-state index >= 15 is 0 Å². The van der Waals surface area contributed by atoms with Gasteiger partial charge in [0.15, 0.2) is 6.61 Å². The van der Waals surface area contributed by atoms with Crippen LogP contribution in [0.1, 0.15) is 5.89 Å². The molecule has 0 amide bonds. The van der Waals surface area contributed by atoms with Crippen LogP contribution >= 0.6 is 11.3 Å². The van der Waals surface area contributed by atoms with Crippen LogP contribution in [-0.4, -0.2) is 24.4 Å². The summed E-state index contributed by atoms with van der Waals surface area (Å²) in [6.07, 6.45) is 0. The fourth-order valence-corrected chi connectivity index (χ4v) is 2.48. The van der Waals surface area contributed by atoms with Crippen molar-refractivity contribution in [2.75, 3.05) is 14.2 Å². The fourth-order valence-electron chi connectivity index (χ4n) is 1.83. The van der Waals surface area contributed by atoms with Gasteiger partial charge in [0.25, 0.3) is 5.89 Å². The molecule has 22 heavy (non-hydrogen) atoms. The number of hydrogen-bond acceptors (Lipinski definition) is 7. The first kappa shape index (κ1) is 14.4. The van der Waals surface area contributed by atoms with Gasteiger partial charge in [0.1, 0.15) is 17.2 Å². The smallest absolute Gasteiger partial charge is 0.264 e. The van der Waals surface area contributed by atoms with Crippen LogP contribution in [0.5, 0.6) is 17.2 Å². The van der Waals surface area contributed by atoms with Crippen LogP contribution in [0.25, 0.3) is 10.7 Å². The normalized spacial score (nSPS) is 10.5. The van der Waals surface area contributed by atoms with Gasteiger partial charge in [0.2, 0.25) is 5.82 Å². The van der Waals surface area contributed by atoms with E-state index < -0.39 is 0 Å². The Morgan fingerprint density at radius 1 is 1.09 bits per heavy atom. The van der Waals surface area contributed by atoms with Crippen LogP contribution in [0.3, 0.4) is 0 Å². The molecule has 1 aromatic carbocycles. The van der Waals surface area contributed by atoms with E-state index in [1.807, 2.05) is 17.5 Å². The summed E-state index contributed by atoms with van der Waals surface area (Å²) < 4.78 is 21.2. The summed E-state index contributed by atoms with van der Waals surface area (Å²) in [4.78, 5) is 5.25. The second kappa shape index (κ2) is 6.48. The molecule has 2 aromatic heterocycles. The minimum absolute atomic E-state index is 0.175. The minimum Gasteiger partial charge on any atom is -0.496 e. The van der Waals surface area contributed by atoms with E-state index in [4.69, 9.17) is 18.7 Å². The lowest BCUT2D eigenvalue weighted by atomic mass is 10.3. The summed E-state index contributed by atoms with van der Waals surface area (Å²) in [5.41, 5.74) is 0. The maximum Gasteiger partial charge on any atom is 0.264 e. The van der Waals surface area contributed by atoms with Crippen molar-refractivity contribution in [2.45, 2.75) is 6.61 Å². The van der Waals surface area contributed by atoms with Crippen molar-refractivity contribution in [3.63, 3.8) is 0 Å². The summed E-state index contributed by atoms with van der Waals surface area (Å²) >= 11 is 1.55. The molecule has 0 aliphatic heterocycles. The van der Waals surface area contributed by atoms with Gasteiger partial charge in [-0.15, -0.1) is 11.3 Å². The molecule has 2 heterocycles. The monoisotopic (exact) mass is 318 g/mol. The van der Waals surface area contributed by atoms with Crippen molar-refractivity contribution in [3.05, 3.63) is 41.6 Å². The van der Waals surface area contributed by atoms with Gasteiger partial charge in [0.05, 0.1) is 19.1 Å². The number of benzene rings is 1. The van der Waals surface area contributed by atoms with Gasteiger partial charge in [-0.1, -0.05) is 11.2 Å². The zero-order valence-electron chi connectivity index (χ0n) is 12.1. The first-order valence-electron chi connectivity index (χ1n) is 6.51. The van der Waals surface area contributed by atoms with Crippen LogP contribution in [-0.2, 0) is 6.61 Å². The quantitative estimate of drug-likeness (QED) is 0.694. The first-order chi connectivity index (χ1) is 10.8. The van der Waals surface area contributed by atoms with E-state index in [2.05, 4.69) is 10.1 Å². The van der Waals surface area contributed by atoms with Gasteiger partial charge in [-0.25, -0.2) is 0 Å². The SMILES string of the molecule is COc1cc(OC)cc(OCc2nc(-c3cccs3)no2)c1. The van der Waals surface area contributed by atoms with Crippen molar-refractivity contribution in [2.24, 2.45) is 0 Å². The highest BCUT2D eigenvalue weighted by molar-refractivity contribution is 7.13. The third-order valence-corrected chi connectivity index (χ3v) is 3.76. The zero-order chi connectivity index (χ0) is 15.4. The highest BCUT2D eigenvalue weighted by Gasteiger charge is 2.10. The largest absolute Gasteiger partial charge is 0.496 e. The van der Waals surface area contributed by atoms with Crippen LogP contribution in [0.4, 0.5) is 0 Å². The second-order valence-corrected chi connectivity index (χ2v) is 5.27. The van der Waals surface area contributed by atoms with Crippen LogP contribution in [0.2, 0.25) is 0 Å². The lowest BCUT2D eigenvalue weighted by Gasteiger charge is -2.08. The highest BCUT2D eigenvalue weighted by Crippen LogP contribution is 2.28. The molecular weight excluding hydrogens is 304 g/mol. The number of rotatable bonds is 6. The van der Waals surface area contributed by atoms with Gasteiger partial charge in [-0.2, -0.15) is 4.98 Å². The van der Waals surface area contributed by atoms with Crippen molar-refractivity contribution in [3.8, 4) is 28.0 Å². The lowest BCUT2D eigenvalue weighted by molar-refractivity contribution is 0.241. The second-order valence-electron chi connectivity index (χ2n) is 4.33. The number of methoxy groups -OCH3 is 2. The van der Waals surface area contributed by atoms with Crippen LogP contribution < -0.4 is 14.2 Å². The number of ether oxygens (including phenoxy) is 3. The van der Waals surface area contributed by atoms with E-state index in [9.17, 15) is 0 Å². The molecule has 6 nitrogen and oxygen atoms in total. The maximum atomic E-state index is 5.65. The zero-order valence-corrected chi connectivity index (χ0v) is 12.9. The molecule has 0 bridgehead atoms. The standard InChI is InChI=1S/C15H14N2O4S/c1-18-10-6-11(19-2)8-12(7-10)20-9-14-16-15(17-21-14)13-4-3-5-22-13/h3-8H,9H2,1-2H3. The molecule has 0 aliphatic rings. The van der Waals surface area contributed by atoms with Crippen molar-refractivity contribution in [1.29, 1.82) is 0 Å². The van der Waals surface area contributed by atoms with Gasteiger partial charge in [0, 0.05) is 18.2 Å². The summed E-state index contributed by atoms with van der Waals surface area (Å²) in [5.74, 6) is 2.88. The van der Waals surface area contributed by atoms with E-state index in [0.29, 0.717) is 29.0 Å². The molecule has 0 radical (unpaired) electrons. The highest BCUT2D eigenvalue weighted by atomic mass is 32.1. The Morgan fingerprint density at radius 2 is 1.82 bits per heavy atom. The Hall–Kier alpha value is -2.54. The third kappa shape index (κ3) is 3.20. The van der Waals surface area contributed by atoms with Crippen molar-refractivity contribution >= 4 is 11.3 Å². The molecule has 114 valence electrons. The summed E-state index contributed by atoms with van der Waals surface area (Å²) in [5, 5.41) is 5.90. The number of aromatic nitrogens is 2. The molecule has 0 saturated carbocycles. The Morgan fingerprint density at radius 3 is 2.45 bits per heavy atom. The molecule has 3 rings (SSSR count). The third-order valence-electron chi connectivity index (χ3n) is 2.90. The van der Waals surface area contributed by atoms with Gasteiger partial charge in [-0.05, 0) is 11.4 Å². The van der Waals surface area contributed by atoms with Gasteiger partial charge in [-0.3, -0.25) is 0 Å². The Labute approximate surface area is 131 Å². The summed E-state index contributed by atoms with van der Waals surface area (Å²) in [7, 11) is 3.17.